The van der Waals surface area contributed by atoms with E-state index < -0.39 is 0 Å². The largest absolute Gasteiger partial charge is 0.309 e. The molecule has 466 valence electrons. The van der Waals surface area contributed by atoms with Gasteiger partial charge in [0.25, 0.3) is 0 Å². The van der Waals surface area contributed by atoms with Crippen molar-refractivity contribution >= 4 is 87.2 Å². The topological polar surface area (TPSA) is 56.4 Å². The minimum atomic E-state index is 0.556. The van der Waals surface area contributed by atoms with Crippen molar-refractivity contribution in [2.45, 2.75) is 55.4 Å². The van der Waals surface area contributed by atoms with Crippen LogP contribution in [0, 0.1) is 66.7 Å². The highest BCUT2D eigenvalue weighted by molar-refractivity contribution is 6.15. The van der Waals surface area contributed by atoms with Gasteiger partial charge in [-0.05, 0) is 241 Å². The Morgan fingerprint density at radius 3 is 0.694 bits per heavy atom. The normalized spacial score (nSPS) is 11.9. The molecule has 0 atom stereocenters. The minimum Gasteiger partial charge on any atom is -0.309 e. The van der Waals surface area contributed by atoms with Crippen LogP contribution in [0.1, 0.15) is 50.1 Å². The summed E-state index contributed by atoms with van der Waals surface area (Å²) in [5.41, 5.74) is 32.6. The van der Waals surface area contributed by atoms with E-state index in [1.54, 1.807) is 0 Å². The third kappa shape index (κ3) is 9.18. The summed E-state index contributed by atoms with van der Waals surface area (Å²) in [6.07, 6.45) is 1.88. The highest BCUT2D eigenvalue weighted by atomic mass is 15.0. The van der Waals surface area contributed by atoms with Gasteiger partial charge in [-0.2, -0.15) is 5.26 Å². The highest BCUT2D eigenvalue weighted by Gasteiger charge is 2.31. The molecular formula is C92H68N6. The lowest BCUT2D eigenvalue weighted by Crippen LogP contribution is -2.04. The van der Waals surface area contributed by atoms with Gasteiger partial charge in [0.2, 0.25) is 0 Å². The van der Waals surface area contributed by atoms with Crippen LogP contribution in [0.4, 0.5) is 0 Å². The fraction of sp³-hybridized carbons (Fsp3) is 0.0870. The number of pyridine rings is 1. The van der Waals surface area contributed by atoms with E-state index in [2.05, 4.69) is 335 Å². The number of nitriles is 1. The van der Waals surface area contributed by atoms with Gasteiger partial charge in [-0.3, -0.25) is 4.98 Å². The summed E-state index contributed by atoms with van der Waals surface area (Å²) in [7, 11) is 0. The maximum Gasteiger partial charge on any atom is 0.100 e. The van der Waals surface area contributed by atoms with Gasteiger partial charge in [-0.1, -0.05) is 148 Å². The standard InChI is InChI=1S/C92H68N6/c1-54-12-36-80-70(45-54)71-46-55(2)13-37-81(71)95(80)66-28-20-62(21-29-66)88-78(53-93)89(63-22-30-67(31-23-63)96-82-38-14-56(3)47-72(82)73-48-57(4)15-39-83(73)96)92(79-11-9-10-44-94-79)91(65-26-34-69(35-27-65)98-86-42-18-60(7)51-76(86)77-52-61(8)19-43-87(77)98)90(88)64-24-32-68(33-25-64)97-84-40-16-58(5)49-74(84)75-50-59(6)17-41-85(75)97/h9-52H,1-8H3. The Morgan fingerprint density at radius 2 is 0.469 bits per heavy atom. The molecular weight excluding hydrogens is 1190 g/mol. The van der Waals surface area contributed by atoms with Crippen LogP contribution in [0.3, 0.4) is 0 Å². The quantitative estimate of drug-likeness (QED) is 0.145. The predicted octanol–water partition coefficient (Wildman–Crippen LogP) is 24.1. The first-order valence-electron chi connectivity index (χ1n) is 33.9. The summed E-state index contributed by atoms with van der Waals surface area (Å²) in [5, 5.41) is 22.4. The zero-order valence-corrected chi connectivity index (χ0v) is 56.1. The van der Waals surface area contributed by atoms with Crippen LogP contribution in [0.2, 0.25) is 0 Å². The summed E-state index contributed by atoms with van der Waals surface area (Å²) in [6.45, 7) is 17.4. The third-order valence-corrected chi connectivity index (χ3v) is 20.5. The Morgan fingerprint density at radius 1 is 0.245 bits per heavy atom. The van der Waals surface area contributed by atoms with Crippen LogP contribution in [0.15, 0.2) is 267 Å². The third-order valence-electron chi connectivity index (χ3n) is 20.5. The average Bonchev–Trinajstić information content (AvgIpc) is 1.13. The molecule has 98 heavy (non-hydrogen) atoms. The van der Waals surface area contributed by atoms with Gasteiger partial charge in [0.1, 0.15) is 6.07 Å². The lowest BCUT2D eigenvalue weighted by atomic mass is 9.76. The zero-order valence-electron chi connectivity index (χ0n) is 56.1. The monoisotopic (exact) mass is 1260 g/mol. The van der Waals surface area contributed by atoms with Crippen molar-refractivity contribution in [3.05, 3.63) is 317 Å². The lowest BCUT2D eigenvalue weighted by Gasteiger charge is -2.26. The molecule has 0 amide bonds. The minimum absolute atomic E-state index is 0.556. The van der Waals surface area contributed by atoms with E-state index in [4.69, 9.17) is 4.98 Å². The first-order valence-corrected chi connectivity index (χ1v) is 33.9. The second-order valence-corrected chi connectivity index (χ2v) is 27.3. The fourth-order valence-electron chi connectivity index (χ4n) is 16.0. The van der Waals surface area contributed by atoms with Crippen molar-refractivity contribution in [2.24, 2.45) is 0 Å². The Bertz CT molecular complexity index is 6160. The van der Waals surface area contributed by atoms with Gasteiger partial charge >= 0.3 is 0 Å². The van der Waals surface area contributed by atoms with Crippen molar-refractivity contribution < 1.29 is 0 Å². The number of rotatable bonds is 9. The van der Waals surface area contributed by atoms with Gasteiger partial charge in [-0.15, -0.1) is 0 Å². The van der Waals surface area contributed by atoms with Crippen LogP contribution >= 0.6 is 0 Å². The molecule has 18 aromatic rings. The molecule has 0 saturated carbocycles. The maximum absolute atomic E-state index is 12.6. The Balaban J connectivity index is 0.933. The SMILES string of the molecule is Cc1ccc2c(c1)c1cc(C)ccc1n2-c1ccc(-c2c(C#N)c(-c3ccc(-n4c5ccc(C)cc5c5cc(C)ccc54)cc3)c(-c3ccccn3)c(-c3ccc(-n4c5ccc(C)cc5c5cc(C)ccc54)cc3)c2-c2ccc(-n3c4ccc(C)cc4c4cc(C)ccc43)cc2)cc1. The van der Waals surface area contributed by atoms with E-state index >= 15 is 0 Å². The fourth-order valence-corrected chi connectivity index (χ4v) is 16.0. The highest BCUT2D eigenvalue weighted by Crippen LogP contribution is 2.53. The Kier molecular flexibility index (Phi) is 13.3. The molecule has 5 aromatic heterocycles. The van der Waals surface area contributed by atoms with Crippen molar-refractivity contribution in [3.63, 3.8) is 0 Å². The first kappa shape index (κ1) is 58.3. The molecule has 0 fully saturated rings. The van der Waals surface area contributed by atoms with Gasteiger partial charge in [0, 0.05) is 94.3 Å². The Hall–Kier alpha value is -12.3. The summed E-state index contributed by atoms with van der Waals surface area (Å²) in [4.78, 5) is 5.31. The second-order valence-electron chi connectivity index (χ2n) is 27.3. The molecule has 13 aromatic carbocycles. The van der Waals surface area contributed by atoms with Crippen molar-refractivity contribution in [2.75, 3.05) is 0 Å². The number of nitrogens with zero attached hydrogens (tertiary/aromatic N) is 6. The van der Waals surface area contributed by atoms with Crippen LogP contribution in [-0.4, -0.2) is 23.3 Å². The molecule has 0 aliphatic heterocycles. The maximum atomic E-state index is 12.6. The molecule has 0 bridgehead atoms. The van der Waals surface area contributed by atoms with Gasteiger partial charge in [0.15, 0.2) is 0 Å². The number of hydrogen-bond donors (Lipinski definition) is 0. The smallest absolute Gasteiger partial charge is 0.100 e. The predicted molar refractivity (Wildman–Crippen MR) is 411 cm³/mol. The molecule has 0 unspecified atom stereocenters. The van der Waals surface area contributed by atoms with E-state index in [0.717, 1.165) is 123 Å². The molecule has 18 rings (SSSR count). The number of aromatic nitrogens is 5. The molecule has 6 nitrogen and oxygen atoms in total. The van der Waals surface area contributed by atoms with Crippen LogP contribution < -0.4 is 0 Å². The van der Waals surface area contributed by atoms with Crippen LogP contribution in [-0.2, 0) is 0 Å². The summed E-state index contributed by atoms with van der Waals surface area (Å²) in [6, 6.07) is 99.4. The molecule has 6 heteroatoms. The molecule has 5 heterocycles. The second kappa shape index (κ2) is 22.4. The van der Waals surface area contributed by atoms with Crippen molar-refractivity contribution in [1.82, 2.24) is 23.3 Å². The van der Waals surface area contributed by atoms with E-state index in [0.29, 0.717) is 5.56 Å². The molecule has 0 aliphatic rings. The van der Waals surface area contributed by atoms with E-state index in [1.165, 1.54) is 87.6 Å². The summed E-state index contributed by atoms with van der Waals surface area (Å²) in [5.74, 6) is 0. The van der Waals surface area contributed by atoms with Crippen LogP contribution in [0.5, 0.6) is 0 Å². The van der Waals surface area contributed by atoms with E-state index in [9.17, 15) is 5.26 Å². The zero-order chi connectivity index (χ0) is 66.4. The van der Waals surface area contributed by atoms with Crippen LogP contribution in [0.25, 0.3) is 166 Å². The van der Waals surface area contributed by atoms with Crippen molar-refractivity contribution in [3.8, 4) is 84.6 Å². The first-order chi connectivity index (χ1) is 47.8. The summed E-state index contributed by atoms with van der Waals surface area (Å²) >= 11 is 0. The Labute approximate surface area is 569 Å². The number of benzene rings is 13. The molecule has 0 saturated heterocycles. The molecule has 0 aliphatic carbocycles. The van der Waals surface area contributed by atoms with Gasteiger partial charge in [0.05, 0.1) is 55.4 Å². The van der Waals surface area contributed by atoms with Gasteiger partial charge in [-0.25, -0.2) is 0 Å². The lowest BCUT2D eigenvalue weighted by molar-refractivity contribution is 1.18. The number of fused-ring (bicyclic) bond motifs is 12. The number of aryl methyl sites for hydroxylation is 8. The van der Waals surface area contributed by atoms with E-state index in [-0.39, 0.29) is 0 Å². The van der Waals surface area contributed by atoms with Crippen molar-refractivity contribution in [1.29, 1.82) is 5.26 Å². The summed E-state index contributed by atoms with van der Waals surface area (Å²) < 4.78 is 9.57. The molecule has 0 N–H and O–H groups in total. The van der Waals surface area contributed by atoms with Gasteiger partial charge < -0.3 is 18.3 Å². The number of hydrogen-bond acceptors (Lipinski definition) is 2. The van der Waals surface area contributed by atoms with E-state index in [1.807, 2.05) is 12.3 Å². The molecule has 0 spiro atoms. The molecule has 0 radical (unpaired) electrons. The average molecular weight is 1260 g/mol.